The SMILES string of the molecule is Cc1ccc(C2CN3C(=O)CN(C4CC4)C(=O)[C@]3(C)c3[nH]c4ccccc4c32)cc1. The smallest absolute Gasteiger partial charge is 0.255 e. The molecule has 3 aliphatic rings. The number of carbonyl (C=O) groups is 2. The van der Waals surface area contributed by atoms with Gasteiger partial charge in [-0.25, -0.2) is 0 Å². The molecule has 3 heterocycles. The minimum atomic E-state index is -0.979. The highest BCUT2D eigenvalue weighted by atomic mass is 16.2. The number of carbonyl (C=O) groups excluding carboxylic acids is 2. The van der Waals surface area contributed by atoms with Crippen LogP contribution in [0, 0.1) is 6.92 Å². The van der Waals surface area contributed by atoms with E-state index in [1.807, 2.05) is 28.9 Å². The quantitative estimate of drug-likeness (QED) is 0.715. The number of piperazine rings is 1. The first-order valence-corrected chi connectivity index (χ1v) is 10.8. The van der Waals surface area contributed by atoms with E-state index in [4.69, 9.17) is 0 Å². The molecule has 2 aliphatic heterocycles. The normalized spacial score (nSPS) is 26.1. The topological polar surface area (TPSA) is 56.4 Å². The Morgan fingerprint density at radius 2 is 1.77 bits per heavy atom. The molecule has 1 N–H and O–H groups in total. The van der Waals surface area contributed by atoms with Crippen LogP contribution in [0.15, 0.2) is 48.5 Å². The van der Waals surface area contributed by atoms with Crippen LogP contribution >= 0.6 is 0 Å². The highest BCUT2D eigenvalue weighted by Gasteiger charge is 2.58. The fourth-order valence-corrected chi connectivity index (χ4v) is 5.41. The number of aromatic amines is 1. The molecular formula is C25H25N3O2. The van der Waals surface area contributed by atoms with E-state index in [0.29, 0.717) is 6.54 Å². The van der Waals surface area contributed by atoms with Crippen LogP contribution < -0.4 is 0 Å². The molecule has 5 heteroatoms. The molecule has 1 saturated heterocycles. The minimum Gasteiger partial charge on any atom is -0.356 e. The molecule has 1 aromatic heterocycles. The van der Waals surface area contributed by atoms with Gasteiger partial charge in [-0.3, -0.25) is 9.59 Å². The standard InChI is InChI=1S/C25H25N3O2/c1-15-7-9-16(10-8-15)19-13-28-21(29)14-27(17-11-12-17)24(30)25(28,2)23-22(19)18-5-3-4-6-20(18)26-23/h3-10,17,19,26H,11-14H2,1-2H3/t19?,25-/m0/s1. The van der Waals surface area contributed by atoms with Crippen LogP contribution in [0.2, 0.25) is 0 Å². The Morgan fingerprint density at radius 3 is 2.50 bits per heavy atom. The molecule has 1 saturated carbocycles. The number of H-pyrrole nitrogens is 1. The lowest BCUT2D eigenvalue weighted by molar-refractivity contribution is -0.166. The molecule has 2 fully saturated rings. The van der Waals surface area contributed by atoms with Crippen LogP contribution in [0.1, 0.15) is 48.1 Å². The highest BCUT2D eigenvalue weighted by molar-refractivity contribution is 6.01. The van der Waals surface area contributed by atoms with Crippen LogP contribution in [0.5, 0.6) is 0 Å². The highest BCUT2D eigenvalue weighted by Crippen LogP contribution is 2.49. The molecule has 6 rings (SSSR count). The summed E-state index contributed by atoms with van der Waals surface area (Å²) in [7, 11) is 0. The maximum Gasteiger partial charge on any atom is 0.255 e. The largest absolute Gasteiger partial charge is 0.356 e. The number of hydrogen-bond donors (Lipinski definition) is 1. The molecule has 2 atom stereocenters. The number of nitrogens with zero attached hydrogens (tertiary/aromatic N) is 2. The zero-order valence-electron chi connectivity index (χ0n) is 17.3. The van der Waals surface area contributed by atoms with E-state index in [-0.39, 0.29) is 30.3 Å². The van der Waals surface area contributed by atoms with Crippen LogP contribution in [0.4, 0.5) is 0 Å². The summed E-state index contributed by atoms with van der Waals surface area (Å²) in [6, 6.07) is 17.0. The third-order valence-corrected chi connectivity index (χ3v) is 7.24. The van der Waals surface area contributed by atoms with E-state index >= 15 is 0 Å². The second kappa shape index (κ2) is 5.97. The zero-order valence-corrected chi connectivity index (χ0v) is 17.3. The van der Waals surface area contributed by atoms with Crippen molar-refractivity contribution in [1.82, 2.24) is 14.8 Å². The average molecular weight is 399 g/mol. The van der Waals surface area contributed by atoms with Crippen LogP contribution in [0.3, 0.4) is 0 Å². The summed E-state index contributed by atoms with van der Waals surface area (Å²) < 4.78 is 0. The summed E-state index contributed by atoms with van der Waals surface area (Å²) in [6.07, 6.45) is 2.00. The Labute approximate surface area is 175 Å². The molecule has 2 amide bonds. The molecule has 152 valence electrons. The number of rotatable bonds is 2. The molecule has 1 aliphatic carbocycles. The molecule has 5 nitrogen and oxygen atoms in total. The van der Waals surface area contributed by atoms with Gasteiger partial charge in [0, 0.05) is 29.4 Å². The molecule has 0 radical (unpaired) electrons. The number of para-hydroxylation sites is 1. The second-order valence-electron chi connectivity index (χ2n) is 9.16. The maximum atomic E-state index is 13.7. The van der Waals surface area contributed by atoms with Gasteiger partial charge in [-0.2, -0.15) is 0 Å². The fraction of sp³-hybridized carbons (Fsp3) is 0.360. The number of amides is 2. The predicted molar refractivity (Wildman–Crippen MR) is 115 cm³/mol. The number of hydrogen-bond acceptors (Lipinski definition) is 2. The minimum absolute atomic E-state index is 0.0362. The van der Waals surface area contributed by atoms with Gasteiger partial charge in [0.25, 0.3) is 5.91 Å². The molecule has 0 bridgehead atoms. The Balaban J connectivity index is 1.60. The third kappa shape index (κ3) is 2.29. The van der Waals surface area contributed by atoms with Gasteiger partial charge < -0.3 is 14.8 Å². The average Bonchev–Trinajstić information content (AvgIpc) is 3.51. The summed E-state index contributed by atoms with van der Waals surface area (Å²) in [5.41, 5.74) is 4.47. The first kappa shape index (κ1) is 17.8. The van der Waals surface area contributed by atoms with E-state index < -0.39 is 5.54 Å². The van der Waals surface area contributed by atoms with Crippen molar-refractivity contribution < 1.29 is 9.59 Å². The summed E-state index contributed by atoms with van der Waals surface area (Å²) in [6.45, 7) is 4.74. The Kier molecular flexibility index (Phi) is 3.53. The first-order valence-electron chi connectivity index (χ1n) is 10.8. The molecule has 0 spiro atoms. The van der Waals surface area contributed by atoms with Gasteiger partial charge in [0.15, 0.2) is 5.54 Å². The van der Waals surface area contributed by atoms with Crippen molar-refractivity contribution in [2.45, 2.75) is 44.2 Å². The number of aromatic nitrogens is 1. The van der Waals surface area contributed by atoms with E-state index in [1.54, 1.807) is 0 Å². The Bertz CT molecular complexity index is 1190. The summed E-state index contributed by atoms with van der Waals surface area (Å²) >= 11 is 0. The van der Waals surface area contributed by atoms with E-state index in [9.17, 15) is 9.59 Å². The van der Waals surface area contributed by atoms with Gasteiger partial charge >= 0.3 is 0 Å². The lowest BCUT2D eigenvalue weighted by Crippen LogP contribution is -2.67. The summed E-state index contributed by atoms with van der Waals surface area (Å²) in [5, 5.41) is 1.14. The summed E-state index contributed by atoms with van der Waals surface area (Å²) in [4.78, 5) is 34.2. The van der Waals surface area contributed by atoms with Gasteiger partial charge in [0.05, 0.1) is 5.69 Å². The lowest BCUT2D eigenvalue weighted by atomic mass is 9.76. The molecule has 2 aromatic carbocycles. The predicted octanol–water partition coefficient (Wildman–Crippen LogP) is 3.67. The second-order valence-corrected chi connectivity index (χ2v) is 9.16. The van der Waals surface area contributed by atoms with Crippen LogP contribution in [-0.4, -0.2) is 45.7 Å². The van der Waals surface area contributed by atoms with Gasteiger partial charge in [0.2, 0.25) is 5.91 Å². The van der Waals surface area contributed by atoms with E-state index in [0.717, 1.165) is 35.0 Å². The van der Waals surface area contributed by atoms with Crippen molar-refractivity contribution in [2.75, 3.05) is 13.1 Å². The zero-order chi connectivity index (χ0) is 20.6. The van der Waals surface area contributed by atoms with Crippen molar-refractivity contribution in [3.05, 3.63) is 70.9 Å². The number of benzene rings is 2. The molecular weight excluding hydrogens is 374 g/mol. The van der Waals surface area contributed by atoms with Crippen LogP contribution in [-0.2, 0) is 15.1 Å². The lowest BCUT2D eigenvalue weighted by Gasteiger charge is -2.51. The van der Waals surface area contributed by atoms with E-state index in [2.05, 4.69) is 48.3 Å². The van der Waals surface area contributed by atoms with Gasteiger partial charge in [-0.1, -0.05) is 48.0 Å². The molecule has 3 aromatic rings. The maximum absolute atomic E-state index is 13.7. The van der Waals surface area contributed by atoms with Gasteiger partial charge in [-0.15, -0.1) is 0 Å². The molecule has 30 heavy (non-hydrogen) atoms. The number of aryl methyl sites for hydroxylation is 1. The van der Waals surface area contributed by atoms with Crippen LogP contribution in [0.25, 0.3) is 10.9 Å². The van der Waals surface area contributed by atoms with Crippen molar-refractivity contribution >= 4 is 22.7 Å². The fourth-order valence-electron chi connectivity index (χ4n) is 5.41. The number of nitrogens with one attached hydrogen (secondary N) is 1. The van der Waals surface area contributed by atoms with Gasteiger partial charge in [0.1, 0.15) is 6.54 Å². The first-order chi connectivity index (χ1) is 14.5. The van der Waals surface area contributed by atoms with Crippen molar-refractivity contribution in [1.29, 1.82) is 0 Å². The number of fused-ring (bicyclic) bond motifs is 5. The van der Waals surface area contributed by atoms with Crippen molar-refractivity contribution in [2.24, 2.45) is 0 Å². The van der Waals surface area contributed by atoms with Gasteiger partial charge in [-0.05, 0) is 43.9 Å². The summed E-state index contributed by atoms with van der Waals surface area (Å²) in [5.74, 6) is 0.138. The van der Waals surface area contributed by atoms with Crippen molar-refractivity contribution in [3.63, 3.8) is 0 Å². The van der Waals surface area contributed by atoms with E-state index in [1.165, 1.54) is 11.1 Å². The third-order valence-electron chi connectivity index (χ3n) is 7.24. The Morgan fingerprint density at radius 1 is 1.03 bits per heavy atom. The Hall–Kier alpha value is -3.08. The van der Waals surface area contributed by atoms with Crippen molar-refractivity contribution in [3.8, 4) is 0 Å². The monoisotopic (exact) mass is 399 g/mol. The molecule has 1 unspecified atom stereocenters.